The predicted octanol–water partition coefficient (Wildman–Crippen LogP) is 1.94. The van der Waals surface area contributed by atoms with Gasteiger partial charge in [-0.2, -0.15) is 4.98 Å². The van der Waals surface area contributed by atoms with Gasteiger partial charge in [0.05, 0.1) is 16.6 Å². The summed E-state index contributed by atoms with van der Waals surface area (Å²) in [4.78, 5) is 14.4. The second kappa shape index (κ2) is 6.06. The number of oxazole rings is 1. The number of hydrogen-bond acceptors (Lipinski definition) is 7. The molecule has 1 aromatic heterocycles. The molecule has 1 atom stereocenters. The van der Waals surface area contributed by atoms with Crippen molar-refractivity contribution in [2.75, 3.05) is 25.6 Å². The maximum Gasteiger partial charge on any atom is 0.295 e. The van der Waals surface area contributed by atoms with E-state index in [9.17, 15) is 15.2 Å². The summed E-state index contributed by atoms with van der Waals surface area (Å²) in [6.45, 7) is 2.34. The third-order valence-corrected chi connectivity index (χ3v) is 3.05. The Labute approximate surface area is 120 Å². The summed E-state index contributed by atoms with van der Waals surface area (Å²) in [6.07, 6.45) is 0.461. The molecule has 8 heteroatoms. The highest BCUT2D eigenvalue weighted by molar-refractivity contribution is 5.77. The second-order valence-electron chi connectivity index (χ2n) is 5.02. The van der Waals surface area contributed by atoms with E-state index in [1.54, 1.807) is 14.0 Å². The van der Waals surface area contributed by atoms with Crippen molar-refractivity contribution in [1.29, 1.82) is 0 Å². The van der Waals surface area contributed by atoms with Crippen LogP contribution in [0, 0.1) is 10.1 Å². The van der Waals surface area contributed by atoms with Crippen LogP contribution < -0.4 is 5.32 Å². The second-order valence-corrected chi connectivity index (χ2v) is 5.02. The summed E-state index contributed by atoms with van der Waals surface area (Å²) in [5.74, 6) is 0. The minimum atomic E-state index is -0.970. The van der Waals surface area contributed by atoms with Gasteiger partial charge in [-0.05, 0) is 13.0 Å². The Hall–Kier alpha value is -2.19. The number of non-ortho nitro benzene ring substituents is 1. The topological polar surface area (TPSA) is 111 Å². The van der Waals surface area contributed by atoms with Gasteiger partial charge in [-0.1, -0.05) is 0 Å². The molecule has 2 N–H and O–H groups in total. The normalized spacial score (nSPS) is 14.0. The van der Waals surface area contributed by atoms with Gasteiger partial charge in [0.15, 0.2) is 5.58 Å². The number of nitro groups is 1. The third-order valence-electron chi connectivity index (χ3n) is 3.05. The van der Waals surface area contributed by atoms with Gasteiger partial charge in [0.1, 0.15) is 5.52 Å². The van der Waals surface area contributed by atoms with Crippen LogP contribution in [0.3, 0.4) is 0 Å². The van der Waals surface area contributed by atoms with Gasteiger partial charge in [-0.3, -0.25) is 10.1 Å². The van der Waals surface area contributed by atoms with Gasteiger partial charge < -0.3 is 19.6 Å². The Morgan fingerprint density at radius 3 is 3.00 bits per heavy atom. The molecule has 1 unspecified atom stereocenters. The third kappa shape index (κ3) is 3.89. The summed E-state index contributed by atoms with van der Waals surface area (Å²) < 4.78 is 10.3. The highest BCUT2D eigenvalue weighted by atomic mass is 16.6. The molecule has 1 aromatic carbocycles. The number of anilines is 1. The molecule has 0 saturated heterocycles. The molecular weight excluding hydrogens is 278 g/mol. The van der Waals surface area contributed by atoms with Gasteiger partial charge >= 0.3 is 0 Å². The molecule has 0 aliphatic rings. The van der Waals surface area contributed by atoms with Crippen LogP contribution in [0.15, 0.2) is 22.6 Å². The molecule has 21 heavy (non-hydrogen) atoms. The zero-order chi connectivity index (χ0) is 15.5. The number of nitrogens with one attached hydrogen (secondary N) is 1. The Morgan fingerprint density at radius 2 is 2.33 bits per heavy atom. The van der Waals surface area contributed by atoms with Crippen molar-refractivity contribution in [3.63, 3.8) is 0 Å². The molecule has 2 aromatic rings. The number of methoxy groups -OCH3 is 1. The molecule has 1 heterocycles. The molecular formula is C13H17N3O5. The van der Waals surface area contributed by atoms with E-state index in [1.165, 1.54) is 18.2 Å². The Morgan fingerprint density at radius 1 is 1.57 bits per heavy atom. The minimum absolute atomic E-state index is 0.0581. The maximum absolute atomic E-state index is 10.7. The van der Waals surface area contributed by atoms with Crippen LogP contribution in [0.25, 0.3) is 11.1 Å². The van der Waals surface area contributed by atoms with Gasteiger partial charge in [0, 0.05) is 32.7 Å². The number of aromatic nitrogens is 1. The van der Waals surface area contributed by atoms with Gasteiger partial charge in [0.25, 0.3) is 11.7 Å². The number of fused-ring (bicyclic) bond motifs is 1. The standard InChI is InChI=1S/C13H17N3O5/c1-13(17,5-6-20-2)8-14-12-15-10-4-3-9(16(18)19)7-11(10)21-12/h3-4,7,17H,5-6,8H2,1-2H3,(H,14,15). The lowest BCUT2D eigenvalue weighted by molar-refractivity contribution is -0.384. The SMILES string of the molecule is COCCC(C)(O)CNc1nc2ccc([N+](=O)[O-])cc2o1. The van der Waals surface area contributed by atoms with Crippen LogP contribution >= 0.6 is 0 Å². The average molecular weight is 295 g/mol. The van der Waals surface area contributed by atoms with Crippen LogP contribution in [0.1, 0.15) is 13.3 Å². The van der Waals surface area contributed by atoms with E-state index in [1.807, 2.05) is 0 Å². The van der Waals surface area contributed by atoms with Crippen LogP contribution in [-0.2, 0) is 4.74 Å². The average Bonchev–Trinajstić information content (AvgIpc) is 2.85. The predicted molar refractivity (Wildman–Crippen MR) is 76.3 cm³/mol. The molecule has 0 amide bonds. The summed E-state index contributed by atoms with van der Waals surface area (Å²) in [5.41, 5.74) is -0.192. The van der Waals surface area contributed by atoms with E-state index in [2.05, 4.69) is 10.3 Å². The largest absolute Gasteiger partial charge is 0.423 e. The lowest BCUT2D eigenvalue weighted by Gasteiger charge is -2.22. The van der Waals surface area contributed by atoms with Crippen molar-refractivity contribution in [3.05, 3.63) is 28.3 Å². The quantitative estimate of drug-likeness (QED) is 0.593. The number of ether oxygens (including phenoxy) is 1. The number of aliphatic hydroxyl groups is 1. The van der Waals surface area contributed by atoms with Crippen molar-refractivity contribution < 1.29 is 19.2 Å². The van der Waals surface area contributed by atoms with Crippen molar-refractivity contribution in [2.24, 2.45) is 0 Å². The van der Waals surface area contributed by atoms with Gasteiger partial charge in [0.2, 0.25) is 0 Å². The maximum atomic E-state index is 10.7. The number of benzene rings is 1. The van der Waals surface area contributed by atoms with Crippen molar-refractivity contribution in [2.45, 2.75) is 18.9 Å². The molecule has 0 aliphatic carbocycles. The van der Waals surface area contributed by atoms with Crippen molar-refractivity contribution in [1.82, 2.24) is 4.98 Å². The summed E-state index contributed by atoms with van der Waals surface area (Å²) in [6, 6.07) is 4.41. The molecule has 0 spiro atoms. The molecule has 114 valence electrons. The number of rotatable bonds is 7. The van der Waals surface area contributed by atoms with E-state index in [-0.39, 0.29) is 18.2 Å². The summed E-state index contributed by atoms with van der Waals surface area (Å²) >= 11 is 0. The smallest absolute Gasteiger partial charge is 0.295 e. The monoisotopic (exact) mass is 295 g/mol. The zero-order valence-electron chi connectivity index (χ0n) is 11.8. The number of nitro benzene ring substituents is 1. The van der Waals surface area contributed by atoms with E-state index < -0.39 is 10.5 Å². The molecule has 0 aliphatic heterocycles. The number of nitrogens with zero attached hydrogens (tertiary/aromatic N) is 2. The Kier molecular flexibility index (Phi) is 4.39. The lowest BCUT2D eigenvalue weighted by atomic mass is 10.0. The molecule has 0 saturated carbocycles. The van der Waals surface area contributed by atoms with Crippen molar-refractivity contribution in [3.8, 4) is 0 Å². The van der Waals surface area contributed by atoms with Crippen LogP contribution in [0.4, 0.5) is 11.7 Å². The fourth-order valence-corrected chi connectivity index (χ4v) is 1.78. The van der Waals surface area contributed by atoms with E-state index >= 15 is 0 Å². The zero-order valence-corrected chi connectivity index (χ0v) is 11.8. The molecule has 0 radical (unpaired) electrons. The van der Waals surface area contributed by atoms with Crippen LogP contribution in [0.2, 0.25) is 0 Å². The first-order valence-electron chi connectivity index (χ1n) is 6.41. The first-order valence-corrected chi connectivity index (χ1v) is 6.41. The van der Waals surface area contributed by atoms with Gasteiger partial charge in [-0.25, -0.2) is 0 Å². The molecule has 2 rings (SSSR count). The Bertz CT molecular complexity index is 638. The molecule has 8 nitrogen and oxygen atoms in total. The van der Waals surface area contributed by atoms with E-state index in [4.69, 9.17) is 9.15 Å². The summed E-state index contributed by atoms with van der Waals surface area (Å²) in [5, 5.41) is 23.7. The first kappa shape index (κ1) is 15.2. The number of hydrogen-bond donors (Lipinski definition) is 2. The first-order chi connectivity index (χ1) is 9.91. The van der Waals surface area contributed by atoms with E-state index in [0.717, 1.165) is 0 Å². The van der Waals surface area contributed by atoms with Crippen LogP contribution in [0.5, 0.6) is 0 Å². The molecule has 0 fully saturated rings. The van der Waals surface area contributed by atoms with Crippen molar-refractivity contribution >= 4 is 22.8 Å². The lowest BCUT2D eigenvalue weighted by Crippen LogP contribution is -2.34. The highest BCUT2D eigenvalue weighted by Crippen LogP contribution is 2.24. The van der Waals surface area contributed by atoms with Gasteiger partial charge in [-0.15, -0.1) is 0 Å². The fourth-order valence-electron chi connectivity index (χ4n) is 1.78. The van der Waals surface area contributed by atoms with E-state index in [0.29, 0.717) is 24.1 Å². The summed E-state index contributed by atoms with van der Waals surface area (Å²) in [7, 11) is 1.57. The van der Waals surface area contributed by atoms with Crippen LogP contribution in [-0.4, -0.2) is 40.9 Å². The fraction of sp³-hybridized carbons (Fsp3) is 0.462. The molecule has 0 bridgehead atoms. The minimum Gasteiger partial charge on any atom is -0.423 e. The highest BCUT2D eigenvalue weighted by Gasteiger charge is 2.21. The Balaban J connectivity index is 2.07.